The molecule has 3 rings (SSSR count). The predicted molar refractivity (Wildman–Crippen MR) is 92.0 cm³/mol. The van der Waals surface area contributed by atoms with E-state index in [2.05, 4.69) is 16.0 Å². The number of para-hydroxylation sites is 2. The van der Waals surface area contributed by atoms with Gasteiger partial charge in [0.2, 0.25) is 0 Å². The lowest BCUT2D eigenvalue weighted by Gasteiger charge is -2.00. The maximum atomic E-state index is 9.32. The van der Waals surface area contributed by atoms with Gasteiger partial charge in [-0.15, -0.1) is 0 Å². The summed E-state index contributed by atoms with van der Waals surface area (Å²) in [5.41, 5.74) is 2.55. The van der Waals surface area contributed by atoms with Crippen LogP contribution < -0.4 is 0 Å². The maximum absolute atomic E-state index is 9.32. The molecule has 108 valence electrons. The molecule has 0 aliphatic heterocycles. The van der Waals surface area contributed by atoms with Gasteiger partial charge in [-0.2, -0.15) is 5.26 Å². The first-order chi connectivity index (χ1) is 10.7. The third kappa shape index (κ3) is 3.28. The number of hydrogen-bond acceptors (Lipinski definition) is 3. The number of rotatable bonds is 3. The number of halogens is 2. The van der Waals surface area contributed by atoms with E-state index < -0.39 is 0 Å². The molecule has 0 atom stereocenters. The second-order valence-electron chi connectivity index (χ2n) is 4.45. The van der Waals surface area contributed by atoms with Crippen LogP contribution in [0.4, 0.5) is 0 Å². The van der Waals surface area contributed by atoms with Crippen molar-refractivity contribution in [1.82, 2.24) is 9.97 Å². The van der Waals surface area contributed by atoms with Gasteiger partial charge in [-0.1, -0.05) is 41.4 Å². The molecule has 0 saturated carbocycles. The van der Waals surface area contributed by atoms with Crippen molar-refractivity contribution in [3.63, 3.8) is 0 Å². The smallest absolute Gasteiger partial charge is 0.171 e. The van der Waals surface area contributed by atoms with Crippen LogP contribution in [0.2, 0.25) is 10.0 Å². The number of thioether (sulfide) groups is 1. The molecule has 1 N–H and O–H groups in total. The highest BCUT2D eigenvalue weighted by atomic mass is 35.5. The van der Waals surface area contributed by atoms with E-state index in [-0.39, 0.29) is 0 Å². The van der Waals surface area contributed by atoms with Crippen LogP contribution in [0.25, 0.3) is 17.1 Å². The van der Waals surface area contributed by atoms with Gasteiger partial charge in [0.15, 0.2) is 5.16 Å². The zero-order valence-corrected chi connectivity index (χ0v) is 13.5. The Morgan fingerprint density at radius 2 is 2.05 bits per heavy atom. The molecule has 0 unspecified atom stereocenters. The summed E-state index contributed by atoms with van der Waals surface area (Å²) in [6.45, 7) is 0. The maximum Gasteiger partial charge on any atom is 0.171 e. The molecule has 22 heavy (non-hydrogen) atoms. The monoisotopic (exact) mass is 345 g/mol. The van der Waals surface area contributed by atoms with Crippen molar-refractivity contribution in [3.05, 3.63) is 63.0 Å². The van der Waals surface area contributed by atoms with Crippen LogP contribution in [0, 0.1) is 11.3 Å². The number of nitrogens with zero attached hydrogens (tertiary/aromatic N) is 2. The number of nitrogens with one attached hydrogen (secondary N) is 1. The summed E-state index contributed by atoms with van der Waals surface area (Å²) in [6, 6.07) is 15.0. The molecule has 0 radical (unpaired) electrons. The number of aromatic amines is 1. The van der Waals surface area contributed by atoms with Crippen LogP contribution >= 0.6 is 35.0 Å². The molecule has 0 spiro atoms. The molecular weight excluding hydrogens is 337 g/mol. The zero-order valence-electron chi connectivity index (χ0n) is 11.2. The average molecular weight is 346 g/mol. The second-order valence-corrected chi connectivity index (χ2v) is 6.32. The van der Waals surface area contributed by atoms with Gasteiger partial charge < -0.3 is 4.98 Å². The Bertz CT molecular complexity index is 876. The fraction of sp³-hybridized carbons (Fsp3) is 0. The summed E-state index contributed by atoms with van der Waals surface area (Å²) in [6.07, 6.45) is 1.72. The quantitative estimate of drug-likeness (QED) is 0.501. The van der Waals surface area contributed by atoms with Crippen molar-refractivity contribution >= 4 is 52.1 Å². The van der Waals surface area contributed by atoms with E-state index in [9.17, 15) is 5.26 Å². The lowest BCUT2D eigenvalue weighted by atomic mass is 10.2. The highest BCUT2D eigenvalue weighted by Gasteiger charge is 2.07. The van der Waals surface area contributed by atoms with Crippen molar-refractivity contribution in [3.8, 4) is 6.07 Å². The number of H-pyrrole nitrogens is 1. The van der Waals surface area contributed by atoms with Gasteiger partial charge in [0.25, 0.3) is 0 Å². The van der Waals surface area contributed by atoms with Gasteiger partial charge in [0, 0.05) is 10.0 Å². The molecule has 0 bridgehead atoms. The Hall–Kier alpha value is -1.93. The SMILES string of the molecule is N#C/C(=C\c1ccc(Cl)cc1Cl)Sc1nc2ccccc2[nH]1. The van der Waals surface area contributed by atoms with Gasteiger partial charge in [-0.25, -0.2) is 4.98 Å². The summed E-state index contributed by atoms with van der Waals surface area (Å²) in [5, 5.41) is 11.1. The highest BCUT2D eigenvalue weighted by Crippen LogP contribution is 2.30. The van der Waals surface area contributed by atoms with E-state index in [4.69, 9.17) is 23.2 Å². The van der Waals surface area contributed by atoms with Crippen LogP contribution in [-0.2, 0) is 0 Å². The van der Waals surface area contributed by atoms with E-state index in [0.717, 1.165) is 16.6 Å². The van der Waals surface area contributed by atoms with Gasteiger partial charge >= 0.3 is 0 Å². The molecule has 1 aromatic heterocycles. The molecule has 3 aromatic rings. The fourth-order valence-electron chi connectivity index (χ4n) is 1.93. The van der Waals surface area contributed by atoms with E-state index in [1.54, 1.807) is 24.3 Å². The molecular formula is C16H9Cl2N3S. The van der Waals surface area contributed by atoms with Crippen molar-refractivity contribution in [2.45, 2.75) is 5.16 Å². The number of benzene rings is 2. The summed E-state index contributed by atoms with van der Waals surface area (Å²) < 4.78 is 0. The van der Waals surface area contributed by atoms with Crippen LogP contribution in [0.3, 0.4) is 0 Å². The molecule has 0 fully saturated rings. The van der Waals surface area contributed by atoms with E-state index in [0.29, 0.717) is 20.1 Å². The molecule has 3 nitrogen and oxygen atoms in total. The third-order valence-electron chi connectivity index (χ3n) is 2.93. The first kappa shape index (κ1) is 15.0. The fourth-order valence-corrected chi connectivity index (χ4v) is 3.13. The van der Waals surface area contributed by atoms with Gasteiger partial charge in [-0.05, 0) is 47.7 Å². The van der Waals surface area contributed by atoms with Gasteiger partial charge in [-0.3, -0.25) is 0 Å². The van der Waals surface area contributed by atoms with Crippen LogP contribution in [0.5, 0.6) is 0 Å². The molecule has 0 saturated heterocycles. The summed E-state index contributed by atoms with van der Waals surface area (Å²) in [4.78, 5) is 8.10. The predicted octanol–water partition coefficient (Wildman–Crippen LogP) is 5.53. The molecule has 0 aliphatic carbocycles. The number of nitriles is 1. The summed E-state index contributed by atoms with van der Waals surface area (Å²) in [5.74, 6) is 0. The number of hydrogen-bond donors (Lipinski definition) is 1. The van der Waals surface area contributed by atoms with Crippen molar-refractivity contribution in [2.75, 3.05) is 0 Å². The Balaban J connectivity index is 1.91. The molecule has 2 aromatic carbocycles. The lowest BCUT2D eigenvalue weighted by molar-refractivity contribution is 1.09. The minimum Gasteiger partial charge on any atom is -0.333 e. The normalized spacial score (nSPS) is 11.6. The first-order valence-electron chi connectivity index (χ1n) is 6.35. The number of imidazole rings is 1. The largest absolute Gasteiger partial charge is 0.333 e. The minimum atomic E-state index is 0.489. The van der Waals surface area contributed by atoms with Crippen molar-refractivity contribution in [1.29, 1.82) is 5.26 Å². The van der Waals surface area contributed by atoms with Crippen LogP contribution in [-0.4, -0.2) is 9.97 Å². The summed E-state index contributed by atoms with van der Waals surface area (Å²) >= 11 is 13.3. The zero-order chi connectivity index (χ0) is 15.5. The Kier molecular flexibility index (Phi) is 4.39. The first-order valence-corrected chi connectivity index (χ1v) is 7.92. The number of fused-ring (bicyclic) bond motifs is 1. The molecule has 0 amide bonds. The third-order valence-corrected chi connectivity index (χ3v) is 4.31. The molecule has 6 heteroatoms. The second kappa shape index (κ2) is 6.45. The Morgan fingerprint density at radius 3 is 2.77 bits per heavy atom. The lowest BCUT2D eigenvalue weighted by Crippen LogP contribution is -1.80. The van der Waals surface area contributed by atoms with E-state index in [1.165, 1.54) is 11.8 Å². The molecule has 1 heterocycles. The van der Waals surface area contributed by atoms with E-state index in [1.807, 2.05) is 24.3 Å². The van der Waals surface area contributed by atoms with Crippen LogP contribution in [0.1, 0.15) is 5.56 Å². The topological polar surface area (TPSA) is 52.5 Å². The van der Waals surface area contributed by atoms with Crippen molar-refractivity contribution < 1.29 is 0 Å². The average Bonchev–Trinajstić information content (AvgIpc) is 2.91. The standard InChI is InChI=1S/C16H9Cl2N3S/c17-11-6-5-10(13(18)8-11)7-12(9-19)22-16-20-14-3-1-2-4-15(14)21-16/h1-8H,(H,20,21)/b12-7+. The Labute approximate surface area is 141 Å². The minimum absolute atomic E-state index is 0.489. The number of aromatic nitrogens is 2. The Morgan fingerprint density at radius 1 is 1.23 bits per heavy atom. The number of allylic oxidation sites excluding steroid dienone is 1. The van der Waals surface area contributed by atoms with Crippen molar-refractivity contribution in [2.24, 2.45) is 0 Å². The highest BCUT2D eigenvalue weighted by molar-refractivity contribution is 8.03. The molecule has 0 aliphatic rings. The summed E-state index contributed by atoms with van der Waals surface area (Å²) in [7, 11) is 0. The van der Waals surface area contributed by atoms with Crippen LogP contribution in [0.15, 0.2) is 52.5 Å². The van der Waals surface area contributed by atoms with Gasteiger partial charge in [0.05, 0.1) is 15.9 Å². The van der Waals surface area contributed by atoms with Gasteiger partial charge in [0.1, 0.15) is 6.07 Å². The van der Waals surface area contributed by atoms with E-state index >= 15 is 0 Å².